The molecule has 4 N–H and O–H groups in total. The first-order chi connectivity index (χ1) is 27.5. The Kier molecular flexibility index (Phi) is 9.61. The third-order valence-electron chi connectivity index (χ3n) is 9.88. The van der Waals surface area contributed by atoms with Crippen LogP contribution in [-0.2, 0) is 12.8 Å². The molecule has 0 saturated carbocycles. The summed E-state index contributed by atoms with van der Waals surface area (Å²) in [4.78, 5) is 17.8. The molecule has 0 aliphatic carbocycles. The minimum Gasteiger partial charge on any atom is -0.330 e. The summed E-state index contributed by atoms with van der Waals surface area (Å²) in [5, 5.41) is 9.55. The van der Waals surface area contributed by atoms with Gasteiger partial charge >= 0.3 is 0 Å². The van der Waals surface area contributed by atoms with Crippen LogP contribution in [0.4, 0.5) is 8.78 Å². The molecule has 0 amide bonds. The zero-order chi connectivity index (χ0) is 38.2. The van der Waals surface area contributed by atoms with E-state index in [0.29, 0.717) is 35.2 Å². The quantitative estimate of drug-likeness (QED) is 0.159. The van der Waals surface area contributed by atoms with Gasteiger partial charge in [-0.2, -0.15) is 22.7 Å². The summed E-state index contributed by atoms with van der Waals surface area (Å²) in [5.41, 5.74) is 23.2. The van der Waals surface area contributed by atoms with Crippen LogP contribution >= 0.6 is 22.7 Å². The maximum Gasteiger partial charge on any atom is 0.133 e. The van der Waals surface area contributed by atoms with Crippen LogP contribution in [0.15, 0.2) is 131 Å². The topological polar surface area (TPSA) is 113 Å². The van der Waals surface area contributed by atoms with Gasteiger partial charge in [-0.15, -0.1) is 0 Å². The lowest BCUT2D eigenvalue weighted by Gasteiger charge is -2.09. The molecule has 0 aliphatic rings. The number of thiophene rings is 2. The van der Waals surface area contributed by atoms with E-state index in [1.165, 1.54) is 23.3 Å². The van der Waals surface area contributed by atoms with Crippen molar-refractivity contribution in [3.63, 3.8) is 0 Å². The highest BCUT2D eigenvalue weighted by molar-refractivity contribution is 7.08. The molecule has 6 aromatic heterocycles. The maximum absolute atomic E-state index is 14.7. The first-order valence-corrected chi connectivity index (χ1v) is 19.9. The Morgan fingerprint density at radius 2 is 0.946 bits per heavy atom. The van der Waals surface area contributed by atoms with Gasteiger partial charge in [0, 0.05) is 45.4 Å². The summed E-state index contributed by atoms with van der Waals surface area (Å²) in [6, 6.07) is 27.2. The Bertz CT molecular complexity index is 2750. The lowest BCUT2D eigenvalue weighted by Crippen LogP contribution is -2.02. The maximum atomic E-state index is 14.7. The van der Waals surface area contributed by atoms with Crippen LogP contribution in [0.1, 0.15) is 11.1 Å². The smallest absolute Gasteiger partial charge is 0.133 e. The van der Waals surface area contributed by atoms with E-state index in [9.17, 15) is 8.78 Å². The van der Waals surface area contributed by atoms with Crippen molar-refractivity contribution < 1.29 is 8.78 Å². The number of nitrogens with zero attached hydrogens (tertiary/aromatic N) is 6. The Hall–Kier alpha value is -6.18. The molecule has 12 heteroatoms. The van der Waals surface area contributed by atoms with Crippen molar-refractivity contribution in [2.24, 2.45) is 11.5 Å². The van der Waals surface area contributed by atoms with Crippen LogP contribution in [0, 0.1) is 11.6 Å². The number of imidazole rings is 2. The first-order valence-electron chi connectivity index (χ1n) is 18.0. The SMILES string of the molecule is NCCc1ccc(-n2cnc3cnc4cc(F)c(-c5ccsc5)cc4c32)cc1.NCCc1ccc(-n2cnc3cnc4cc(F)c(-c5ccsc5)cc4c32)cc1. The van der Waals surface area contributed by atoms with Gasteiger partial charge in [0.2, 0.25) is 0 Å². The molecule has 6 heterocycles. The van der Waals surface area contributed by atoms with Gasteiger partial charge in [-0.25, -0.2) is 18.7 Å². The van der Waals surface area contributed by atoms with Crippen molar-refractivity contribution in [1.82, 2.24) is 29.1 Å². The first kappa shape index (κ1) is 35.5. The largest absolute Gasteiger partial charge is 0.330 e. The molecular formula is C44H34F2N8S2. The molecule has 10 aromatic rings. The number of nitrogens with two attached hydrogens (primary N) is 2. The van der Waals surface area contributed by atoms with Crippen molar-refractivity contribution in [2.75, 3.05) is 13.1 Å². The molecule has 0 unspecified atom stereocenters. The Morgan fingerprint density at radius 1 is 0.518 bits per heavy atom. The molecule has 10 rings (SSSR count). The van der Waals surface area contributed by atoms with Gasteiger partial charge in [0.15, 0.2) is 0 Å². The van der Waals surface area contributed by atoms with E-state index in [2.05, 4.69) is 68.5 Å². The van der Waals surface area contributed by atoms with E-state index >= 15 is 0 Å². The summed E-state index contributed by atoms with van der Waals surface area (Å²) >= 11 is 3.10. The van der Waals surface area contributed by atoms with Crippen molar-refractivity contribution in [3.05, 3.63) is 154 Å². The molecule has 276 valence electrons. The summed E-state index contributed by atoms with van der Waals surface area (Å²) in [6.07, 6.45) is 8.66. The van der Waals surface area contributed by atoms with Gasteiger partial charge < -0.3 is 11.5 Å². The third kappa shape index (κ3) is 6.62. The van der Waals surface area contributed by atoms with Crippen LogP contribution < -0.4 is 11.5 Å². The predicted molar refractivity (Wildman–Crippen MR) is 225 cm³/mol. The molecule has 4 aromatic carbocycles. The standard InChI is InChI=1S/2C22H17FN4S/c2*23-19-10-20-18(9-17(19)15-6-8-28-12-15)22-21(11-25-20)26-13-27(22)16-3-1-14(2-4-16)5-7-24/h2*1-4,6,8-13H,5,7,24H2. The van der Waals surface area contributed by atoms with Crippen molar-refractivity contribution in [1.29, 1.82) is 0 Å². The van der Waals surface area contributed by atoms with Gasteiger partial charge in [-0.3, -0.25) is 19.1 Å². The number of hydrogen-bond donors (Lipinski definition) is 2. The number of pyridine rings is 2. The Labute approximate surface area is 328 Å². The molecule has 0 fully saturated rings. The van der Waals surface area contributed by atoms with Crippen LogP contribution in [0.25, 0.3) is 77.5 Å². The zero-order valence-electron chi connectivity index (χ0n) is 29.9. The third-order valence-corrected chi connectivity index (χ3v) is 11.3. The highest BCUT2D eigenvalue weighted by Gasteiger charge is 2.16. The molecule has 0 saturated heterocycles. The van der Waals surface area contributed by atoms with Crippen molar-refractivity contribution in [2.45, 2.75) is 12.8 Å². The molecule has 8 nitrogen and oxygen atoms in total. The monoisotopic (exact) mass is 776 g/mol. The average molecular weight is 777 g/mol. The molecule has 0 atom stereocenters. The van der Waals surface area contributed by atoms with Gasteiger partial charge in [0.25, 0.3) is 0 Å². The zero-order valence-corrected chi connectivity index (χ0v) is 31.6. The van der Waals surface area contributed by atoms with E-state index < -0.39 is 0 Å². The Morgan fingerprint density at radius 3 is 1.32 bits per heavy atom. The molecule has 0 bridgehead atoms. The van der Waals surface area contributed by atoms with Crippen LogP contribution in [-0.4, -0.2) is 42.2 Å². The second-order valence-corrected chi connectivity index (χ2v) is 14.9. The Balaban J connectivity index is 0.000000146. The van der Waals surface area contributed by atoms with Gasteiger partial charge in [-0.05, 0) is 118 Å². The van der Waals surface area contributed by atoms with Crippen LogP contribution in [0.2, 0.25) is 0 Å². The predicted octanol–water partition coefficient (Wildman–Crippen LogP) is 9.88. The number of benzene rings is 4. The summed E-state index contributed by atoms with van der Waals surface area (Å²) in [7, 11) is 0. The number of aromatic nitrogens is 6. The fourth-order valence-electron chi connectivity index (χ4n) is 7.08. The van der Waals surface area contributed by atoms with Crippen LogP contribution in [0.5, 0.6) is 0 Å². The second-order valence-electron chi connectivity index (χ2n) is 13.3. The minimum atomic E-state index is -0.269. The second kappa shape index (κ2) is 15.2. The molecular weight excluding hydrogens is 743 g/mol. The van der Waals surface area contributed by atoms with Gasteiger partial charge in [0.1, 0.15) is 35.3 Å². The van der Waals surface area contributed by atoms with E-state index in [1.54, 1.807) is 47.7 Å². The summed E-state index contributed by atoms with van der Waals surface area (Å²) in [6.45, 7) is 1.25. The number of halogens is 2. The van der Waals surface area contributed by atoms with E-state index in [-0.39, 0.29) is 11.6 Å². The fraction of sp³-hybridized carbons (Fsp3) is 0.0909. The minimum absolute atomic E-state index is 0.269. The number of rotatable bonds is 8. The molecule has 0 aliphatic heterocycles. The normalized spacial score (nSPS) is 11.5. The fourth-order valence-corrected chi connectivity index (χ4v) is 8.39. The molecule has 0 spiro atoms. The van der Waals surface area contributed by atoms with E-state index in [4.69, 9.17) is 11.5 Å². The van der Waals surface area contributed by atoms with Crippen molar-refractivity contribution >= 4 is 66.5 Å². The lowest BCUT2D eigenvalue weighted by atomic mass is 10.0. The van der Waals surface area contributed by atoms with E-state index in [1.807, 2.05) is 54.9 Å². The summed E-state index contributed by atoms with van der Waals surface area (Å²) in [5.74, 6) is -0.537. The summed E-state index contributed by atoms with van der Waals surface area (Å²) < 4.78 is 33.4. The number of hydrogen-bond acceptors (Lipinski definition) is 8. The van der Waals surface area contributed by atoms with Crippen LogP contribution in [0.3, 0.4) is 0 Å². The highest BCUT2D eigenvalue weighted by Crippen LogP contribution is 2.34. The highest BCUT2D eigenvalue weighted by atomic mass is 32.1. The average Bonchev–Trinajstić information content (AvgIpc) is 4.06. The lowest BCUT2D eigenvalue weighted by molar-refractivity contribution is 0.632. The van der Waals surface area contributed by atoms with E-state index in [0.717, 1.165) is 68.2 Å². The van der Waals surface area contributed by atoms with Crippen molar-refractivity contribution in [3.8, 4) is 33.6 Å². The number of fused-ring (bicyclic) bond motifs is 6. The van der Waals surface area contributed by atoms with Gasteiger partial charge in [-0.1, -0.05) is 24.3 Å². The van der Waals surface area contributed by atoms with Gasteiger partial charge in [0.05, 0.1) is 34.5 Å². The molecule has 56 heavy (non-hydrogen) atoms. The molecule has 0 radical (unpaired) electrons.